The van der Waals surface area contributed by atoms with Crippen LogP contribution in [-0.2, 0) is 21.1 Å². The minimum atomic E-state index is -2.24. The monoisotopic (exact) mass is 784 g/mol. The minimum absolute atomic E-state index is 0. The Balaban J connectivity index is 0.00000364. The fraction of sp³-hybridized carbons (Fsp3) is 0.103. The fourth-order valence-electron chi connectivity index (χ4n) is 6.33. The summed E-state index contributed by atoms with van der Waals surface area (Å²) in [4.78, 5) is 10.2. The number of anilines is 3. The number of nitrogens with zero attached hydrogens (tertiary/aromatic N) is 4. The predicted molar refractivity (Wildman–Crippen MR) is 184 cm³/mol. The summed E-state index contributed by atoms with van der Waals surface area (Å²) >= 11 is 1.58. The molecule has 8 rings (SSSR count). The molecular formula is C39H30N4PtS. The first-order chi connectivity index (χ1) is 22.8. The molecule has 0 amide bonds. The molecule has 0 fully saturated rings. The number of hydrogen-bond donors (Lipinski definition) is 0. The molecule has 0 saturated heterocycles. The van der Waals surface area contributed by atoms with Crippen molar-refractivity contribution in [3.8, 4) is 16.9 Å². The molecule has 0 N–H and O–H groups in total. The Morgan fingerprint density at radius 2 is 1.51 bits per heavy atom. The average Bonchev–Trinajstić information content (AvgIpc) is 3.62. The van der Waals surface area contributed by atoms with E-state index < -0.39 is 6.98 Å². The largest absolute Gasteiger partial charge is 2.00 e. The molecule has 222 valence electrons. The molecule has 6 heteroatoms. The average molecular weight is 785 g/mol. The van der Waals surface area contributed by atoms with Crippen LogP contribution in [0, 0.1) is 26.0 Å². The predicted octanol–water partition coefficient (Wildman–Crippen LogP) is 9.76. The standard InChI is InChI=1S/C39H30N4S.Pt/c1-26-10-8-11-27(2)39(26)28-20-21-40-38(22-28)43-34-15-5-4-14-32(34)33-19-18-31(24-37(33)43)44-30-13-9-12-29(23-30)42-25-41(3)35-16-6-7-17-36(35)42;/h4-22H,25H2,1-3H3;/q-2;+2/i3D3;. The van der Waals surface area contributed by atoms with E-state index >= 15 is 0 Å². The van der Waals surface area contributed by atoms with Crippen molar-refractivity contribution >= 4 is 50.6 Å². The number of pyridine rings is 1. The third-order valence-corrected chi connectivity index (χ3v) is 9.23. The van der Waals surface area contributed by atoms with Crippen molar-refractivity contribution < 1.29 is 25.2 Å². The third-order valence-electron chi connectivity index (χ3n) is 8.31. The van der Waals surface area contributed by atoms with E-state index in [9.17, 15) is 0 Å². The van der Waals surface area contributed by atoms with Crippen LogP contribution in [0.4, 0.5) is 17.1 Å². The summed E-state index contributed by atoms with van der Waals surface area (Å²) in [6, 6.07) is 44.2. The molecule has 45 heavy (non-hydrogen) atoms. The van der Waals surface area contributed by atoms with Crippen LogP contribution in [0.2, 0.25) is 0 Å². The molecular weight excluding hydrogens is 752 g/mol. The number of aryl methyl sites for hydroxylation is 2. The Bertz CT molecular complexity index is 2300. The van der Waals surface area contributed by atoms with Gasteiger partial charge in [0.25, 0.3) is 0 Å². The molecule has 0 atom stereocenters. The number of hydrogen-bond acceptors (Lipinski definition) is 4. The Labute approximate surface area is 286 Å². The van der Waals surface area contributed by atoms with Gasteiger partial charge in [0.05, 0.1) is 18.0 Å². The van der Waals surface area contributed by atoms with E-state index in [1.54, 1.807) is 11.8 Å². The molecule has 1 aliphatic rings. The van der Waals surface area contributed by atoms with Crippen LogP contribution in [0.25, 0.3) is 38.8 Å². The zero-order valence-electron chi connectivity index (χ0n) is 27.7. The fourth-order valence-corrected chi connectivity index (χ4v) is 7.15. The Morgan fingerprint density at radius 1 is 0.756 bits per heavy atom. The summed E-state index contributed by atoms with van der Waals surface area (Å²) in [6.07, 6.45) is 1.89. The molecule has 7 aromatic rings. The summed E-state index contributed by atoms with van der Waals surface area (Å²) in [7, 11) is 0. The zero-order valence-corrected chi connectivity index (χ0v) is 27.8. The van der Waals surface area contributed by atoms with E-state index in [0.717, 1.165) is 54.4 Å². The Morgan fingerprint density at radius 3 is 2.36 bits per heavy atom. The van der Waals surface area contributed by atoms with Crippen molar-refractivity contribution in [1.29, 1.82) is 0 Å². The second kappa shape index (κ2) is 11.9. The second-order valence-corrected chi connectivity index (χ2v) is 12.2. The smallest absolute Gasteiger partial charge is 0.355 e. The maximum absolute atomic E-state index is 8.07. The summed E-state index contributed by atoms with van der Waals surface area (Å²) in [5.74, 6) is 0.842. The molecule has 5 aromatic carbocycles. The van der Waals surface area contributed by atoms with Crippen LogP contribution >= 0.6 is 11.8 Å². The molecule has 0 bridgehead atoms. The summed E-state index contributed by atoms with van der Waals surface area (Å²) in [5, 5.41) is 2.26. The maximum atomic E-state index is 8.07. The van der Waals surface area contributed by atoms with E-state index in [0.29, 0.717) is 5.69 Å². The molecule has 0 saturated carbocycles. The molecule has 0 spiro atoms. The van der Waals surface area contributed by atoms with Crippen molar-refractivity contribution in [3.05, 3.63) is 139 Å². The maximum Gasteiger partial charge on any atom is 2.00 e. The third kappa shape index (κ3) is 5.14. The van der Waals surface area contributed by atoms with Crippen LogP contribution in [-0.4, -0.2) is 23.2 Å². The van der Waals surface area contributed by atoms with E-state index in [1.165, 1.54) is 21.6 Å². The van der Waals surface area contributed by atoms with Gasteiger partial charge in [-0.2, -0.15) is 24.3 Å². The van der Waals surface area contributed by atoms with Gasteiger partial charge in [-0.25, -0.2) is 4.98 Å². The van der Waals surface area contributed by atoms with Gasteiger partial charge in [0.1, 0.15) is 5.82 Å². The summed E-state index contributed by atoms with van der Waals surface area (Å²) in [6.45, 7) is 2.29. The van der Waals surface area contributed by atoms with Crippen molar-refractivity contribution in [2.75, 3.05) is 23.4 Å². The van der Waals surface area contributed by atoms with Crippen molar-refractivity contribution in [1.82, 2.24) is 9.55 Å². The molecule has 0 aliphatic carbocycles. The van der Waals surface area contributed by atoms with E-state index in [4.69, 9.17) is 9.10 Å². The quantitative estimate of drug-likeness (QED) is 0.162. The number of benzene rings is 5. The number of aromatic nitrogens is 2. The Hall–Kier alpha value is -4.31. The normalized spacial score (nSPS) is 13.8. The van der Waals surface area contributed by atoms with Gasteiger partial charge in [-0.3, -0.25) is 0 Å². The van der Waals surface area contributed by atoms with Crippen molar-refractivity contribution in [2.24, 2.45) is 0 Å². The molecule has 2 aromatic heterocycles. The van der Waals surface area contributed by atoms with E-state index in [2.05, 4.69) is 97.3 Å². The van der Waals surface area contributed by atoms with Crippen LogP contribution in [0.1, 0.15) is 15.2 Å². The van der Waals surface area contributed by atoms with Crippen LogP contribution in [0.3, 0.4) is 0 Å². The van der Waals surface area contributed by atoms with Gasteiger partial charge in [-0.1, -0.05) is 59.7 Å². The van der Waals surface area contributed by atoms with Gasteiger partial charge in [0.15, 0.2) is 0 Å². The number of rotatable bonds is 5. The van der Waals surface area contributed by atoms with Crippen LogP contribution in [0.15, 0.2) is 125 Å². The first kappa shape index (κ1) is 26.0. The molecule has 4 nitrogen and oxygen atoms in total. The first-order valence-corrected chi connectivity index (χ1v) is 15.4. The zero-order chi connectivity index (χ0) is 32.3. The topological polar surface area (TPSA) is 24.3 Å². The minimum Gasteiger partial charge on any atom is -0.355 e. The molecule has 1 aliphatic heterocycles. The van der Waals surface area contributed by atoms with Crippen molar-refractivity contribution in [2.45, 2.75) is 23.6 Å². The summed E-state index contributed by atoms with van der Waals surface area (Å²) in [5.41, 5.74) is 9.23. The van der Waals surface area contributed by atoms with Gasteiger partial charge in [-0.05, 0) is 71.8 Å². The first-order valence-electron chi connectivity index (χ1n) is 16.1. The molecule has 0 unspecified atom stereocenters. The van der Waals surface area contributed by atoms with Crippen molar-refractivity contribution in [3.63, 3.8) is 0 Å². The molecule has 0 radical (unpaired) electrons. The number of fused-ring (bicyclic) bond motifs is 4. The second-order valence-electron chi connectivity index (χ2n) is 11.1. The Kier molecular flexibility index (Phi) is 6.86. The summed E-state index contributed by atoms with van der Waals surface area (Å²) < 4.78 is 26.4. The van der Waals surface area contributed by atoms with E-state index in [-0.39, 0.29) is 27.7 Å². The van der Waals surface area contributed by atoms with Crippen LogP contribution in [0.5, 0.6) is 0 Å². The van der Waals surface area contributed by atoms with Gasteiger partial charge in [-0.15, -0.1) is 45.1 Å². The van der Waals surface area contributed by atoms with Crippen LogP contribution < -0.4 is 9.80 Å². The van der Waals surface area contributed by atoms with Gasteiger partial charge < -0.3 is 14.4 Å². The van der Waals surface area contributed by atoms with Gasteiger partial charge >= 0.3 is 21.1 Å². The van der Waals surface area contributed by atoms with Gasteiger partial charge in [0, 0.05) is 22.8 Å². The SMILES string of the molecule is [2H]C([2H])([2H])N1CN(c2[c-]c(Sc3[c-]c4c(cc3)c3ccccc3n4-c3cc(-c4c(C)cccc4C)ccn3)ccc2)c2ccccc21.[Pt+2]. The number of para-hydroxylation sites is 3. The van der Waals surface area contributed by atoms with E-state index in [1.807, 2.05) is 53.6 Å². The van der Waals surface area contributed by atoms with Gasteiger partial charge in [0.2, 0.25) is 0 Å². The molecule has 3 heterocycles.